The molecule has 168 valence electrons. The van der Waals surface area contributed by atoms with Gasteiger partial charge in [0, 0.05) is 31.5 Å². The largest absolute Gasteiger partial charge is 0.455 e. The van der Waals surface area contributed by atoms with Crippen molar-refractivity contribution in [1.29, 1.82) is 0 Å². The van der Waals surface area contributed by atoms with Crippen molar-refractivity contribution in [3.05, 3.63) is 90.7 Å². The average Bonchev–Trinajstić information content (AvgIpc) is 3.66. The molecule has 2 aromatic carbocycles. The second-order valence-electron chi connectivity index (χ2n) is 7.86. The number of nitrogens with zero attached hydrogens (tertiary/aromatic N) is 6. The van der Waals surface area contributed by atoms with Crippen molar-refractivity contribution < 1.29 is 8.94 Å². The van der Waals surface area contributed by atoms with Gasteiger partial charge in [-0.05, 0) is 35.9 Å². The van der Waals surface area contributed by atoms with Crippen molar-refractivity contribution in [2.24, 2.45) is 7.05 Å². The van der Waals surface area contributed by atoms with E-state index in [1.165, 1.54) is 0 Å². The summed E-state index contributed by atoms with van der Waals surface area (Å²) in [7, 11) is 1.97. The Balaban J connectivity index is 1.18. The molecule has 0 N–H and O–H groups in total. The molecule has 0 spiro atoms. The number of imidazole rings is 2. The number of aromatic nitrogens is 6. The summed E-state index contributed by atoms with van der Waals surface area (Å²) in [6, 6.07) is 20.0. The lowest BCUT2D eigenvalue weighted by Gasteiger charge is -2.05. The molecular weight excluding hydrogens is 448 g/mol. The third-order valence-corrected chi connectivity index (χ3v) is 6.56. The van der Waals surface area contributed by atoms with Crippen LogP contribution in [-0.4, -0.2) is 29.2 Å². The molecule has 9 heteroatoms. The highest BCUT2D eigenvalue weighted by Gasteiger charge is 2.15. The van der Waals surface area contributed by atoms with Gasteiger partial charge in [-0.3, -0.25) is 0 Å². The van der Waals surface area contributed by atoms with Crippen LogP contribution in [0.5, 0.6) is 0 Å². The number of thioether (sulfide) groups is 1. The van der Waals surface area contributed by atoms with Crippen LogP contribution < -0.4 is 0 Å². The van der Waals surface area contributed by atoms with Gasteiger partial charge in [0.15, 0.2) is 10.9 Å². The maximum absolute atomic E-state index is 5.93. The van der Waals surface area contributed by atoms with Crippen molar-refractivity contribution >= 4 is 22.8 Å². The molecule has 0 bridgehead atoms. The topological polar surface area (TPSA) is 87.7 Å². The van der Waals surface area contributed by atoms with E-state index in [0.717, 1.165) is 33.1 Å². The molecule has 0 atom stereocenters. The van der Waals surface area contributed by atoms with Crippen molar-refractivity contribution in [3.63, 3.8) is 0 Å². The van der Waals surface area contributed by atoms with E-state index in [-0.39, 0.29) is 0 Å². The number of aryl methyl sites for hydroxylation is 1. The SMILES string of the molecule is Cn1ccnc1SCc1ccc(-c2nc(-c3cccc(Cn4cnc5ccccc54)c3)no2)o1. The first kappa shape index (κ1) is 20.5. The molecule has 0 fully saturated rings. The summed E-state index contributed by atoms with van der Waals surface area (Å²) in [5.41, 5.74) is 4.09. The van der Waals surface area contributed by atoms with Crippen LogP contribution in [0.1, 0.15) is 11.3 Å². The number of hydrogen-bond acceptors (Lipinski definition) is 7. The zero-order valence-corrected chi connectivity index (χ0v) is 19.1. The highest BCUT2D eigenvalue weighted by molar-refractivity contribution is 7.98. The monoisotopic (exact) mass is 468 g/mol. The standard InChI is InChI=1S/C25H20N6O2S/c1-30-12-11-26-25(30)34-15-19-9-10-22(32-19)24-28-23(29-33-24)18-6-4-5-17(13-18)14-31-16-27-20-7-2-3-8-21(20)31/h2-13,16H,14-15H2,1H3. The highest BCUT2D eigenvalue weighted by atomic mass is 32.2. The van der Waals surface area contributed by atoms with Gasteiger partial charge in [-0.15, -0.1) is 0 Å². The van der Waals surface area contributed by atoms with Gasteiger partial charge in [-0.2, -0.15) is 4.98 Å². The molecule has 4 aromatic heterocycles. The molecule has 0 aliphatic carbocycles. The van der Waals surface area contributed by atoms with Gasteiger partial charge in [0.05, 0.1) is 23.1 Å². The molecule has 0 aliphatic rings. The Morgan fingerprint density at radius 1 is 1.00 bits per heavy atom. The molecular formula is C25H20N6O2S. The molecule has 8 nitrogen and oxygen atoms in total. The lowest BCUT2D eigenvalue weighted by molar-refractivity contribution is 0.413. The summed E-state index contributed by atoms with van der Waals surface area (Å²) in [6.07, 6.45) is 5.56. The van der Waals surface area contributed by atoms with Crippen molar-refractivity contribution in [2.75, 3.05) is 0 Å². The van der Waals surface area contributed by atoms with E-state index in [1.807, 2.05) is 66.6 Å². The van der Waals surface area contributed by atoms with Crippen LogP contribution in [0.2, 0.25) is 0 Å². The van der Waals surface area contributed by atoms with Crippen molar-refractivity contribution in [1.82, 2.24) is 29.2 Å². The molecule has 0 radical (unpaired) electrons. The summed E-state index contributed by atoms with van der Waals surface area (Å²) < 4.78 is 15.5. The quantitative estimate of drug-likeness (QED) is 0.289. The number of furan rings is 1. The first-order valence-electron chi connectivity index (χ1n) is 10.7. The zero-order chi connectivity index (χ0) is 22.9. The van der Waals surface area contributed by atoms with Gasteiger partial charge in [0.2, 0.25) is 5.82 Å². The van der Waals surface area contributed by atoms with Crippen LogP contribution in [0.25, 0.3) is 34.1 Å². The Bertz CT molecular complexity index is 1580. The van der Waals surface area contributed by atoms with Gasteiger partial charge >= 0.3 is 0 Å². The van der Waals surface area contributed by atoms with Gasteiger partial charge in [-0.1, -0.05) is 47.3 Å². The number of fused-ring (bicyclic) bond motifs is 1. The van der Waals surface area contributed by atoms with E-state index in [2.05, 4.69) is 42.9 Å². The van der Waals surface area contributed by atoms with Crippen molar-refractivity contribution in [3.8, 4) is 23.0 Å². The predicted octanol–water partition coefficient (Wildman–Crippen LogP) is 5.42. The van der Waals surface area contributed by atoms with Crippen LogP contribution in [-0.2, 0) is 19.3 Å². The highest BCUT2D eigenvalue weighted by Crippen LogP contribution is 2.28. The molecule has 6 rings (SSSR count). The van der Waals surface area contributed by atoms with Crippen LogP contribution in [0, 0.1) is 0 Å². The van der Waals surface area contributed by atoms with E-state index in [9.17, 15) is 0 Å². The van der Waals surface area contributed by atoms with E-state index in [0.29, 0.717) is 29.8 Å². The fourth-order valence-corrected chi connectivity index (χ4v) is 4.61. The third kappa shape index (κ3) is 4.01. The van der Waals surface area contributed by atoms with E-state index in [4.69, 9.17) is 8.94 Å². The summed E-state index contributed by atoms with van der Waals surface area (Å²) >= 11 is 1.61. The second kappa shape index (κ2) is 8.68. The summed E-state index contributed by atoms with van der Waals surface area (Å²) in [5, 5.41) is 5.11. The van der Waals surface area contributed by atoms with E-state index in [1.54, 1.807) is 18.0 Å². The Morgan fingerprint density at radius 3 is 2.85 bits per heavy atom. The summed E-state index contributed by atoms with van der Waals surface area (Å²) in [6.45, 7) is 0.703. The first-order valence-corrected chi connectivity index (χ1v) is 11.7. The lowest BCUT2D eigenvalue weighted by Crippen LogP contribution is -1.98. The number of hydrogen-bond donors (Lipinski definition) is 0. The van der Waals surface area contributed by atoms with E-state index >= 15 is 0 Å². The maximum Gasteiger partial charge on any atom is 0.293 e. The van der Waals surface area contributed by atoms with Gasteiger partial charge in [0.25, 0.3) is 5.89 Å². The summed E-state index contributed by atoms with van der Waals surface area (Å²) in [5.74, 6) is 2.91. The Kier molecular flexibility index (Phi) is 5.23. The lowest BCUT2D eigenvalue weighted by atomic mass is 10.1. The molecule has 6 aromatic rings. The van der Waals surface area contributed by atoms with Crippen LogP contribution >= 0.6 is 11.8 Å². The minimum atomic E-state index is 0.356. The minimum absolute atomic E-state index is 0.356. The molecule has 0 saturated heterocycles. The molecule has 0 saturated carbocycles. The maximum atomic E-state index is 5.93. The zero-order valence-electron chi connectivity index (χ0n) is 18.3. The number of benzene rings is 2. The first-order chi connectivity index (χ1) is 16.7. The second-order valence-corrected chi connectivity index (χ2v) is 8.80. The fourth-order valence-electron chi connectivity index (χ4n) is 3.78. The Hall–Kier alpha value is -4.11. The fraction of sp³-hybridized carbons (Fsp3) is 0.120. The Labute approximate surface area is 199 Å². The molecule has 0 unspecified atom stereocenters. The smallest absolute Gasteiger partial charge is 0.293 e. The molecule has 0 aliphatic heterocycles. The number of para-hydroxylation sites is 2. The number of rotatable bonds is 7. The third-order valence-electron chi connectivity index (χ3n) is 5.48. The minimum Gasteiger partial charge on any atom is -0.455 e. The molecule has 34 heavy (non-hydrogen) atoms. The predicted molar refractivity (Wildman–Crippen MR) is 129 cm³/mol. The van der Waals surface area contributed by atoms with Crippen molar-refractivity contribution in [2.45, 2.75) is 17.5 Å². The van der Waals surface area contributed by atoms with Crippen LogP contribution in [0.3, 0.4) is 0 Å². The molecule has 0 amide bonds. The average molecular weight is 469 g/mol. The molecule has 4 heterocycles. The van der Waals surface area contributed by atoms with Gasteiger partial charge in [-0.25, -0.2) is 9.97 Å². The van der Waals surface area contributed by atoms with Gasteiger partial charge < -0.3 is 18.1 Å². The summed E-state index contributed by atoms with van der Waals surface area (Å²) in [4.78, 5) is 13.4. The van der Waals surface area contributed by atoms with Crippen LogP contribution in [0.4, 0.5) is 0 Å². The Morgan fingerprint density at radius 2 is 1.94 bits per heavy atom. The van der Waals surface area contributed by atoms with E-state index < -0.39 is 0 Å². The van der Waals surface area contributed by atoms with Gasteiger partial charge in [0.1, 0.15) is 5.76 Å². The normalized spacial score (nSPS) is 11.4. The van der Waals surface area contributed by atoms with Crippen LogP contribution in [0.15, 0.2) is 93.5 Å².